The molecule has 0 bridgehead atoms. The van der Waals surface area contributed by atoms with Gasteiger partial charge in [-0.1, -0.05) is 38.1 Å². The van der Waals surface area contributed by atoms with Gasteiger partial charge in [0.05, 0.1) is 0 Å². The van der Waals surface area contributed by atoms with Crippen LogP contribution in [0.2, 0.25) is 0 Å². The van der Waals surface area contributed by atoms with Crippen LogP contribution in [0.4, 0.5) is 17.6 Å². The van der Waals surface area contributed by atoms with Crippen molar-refractivity contribution in [1.82, 2.24) is 24.8 Å². The van der Waals surface area contributed by atoms with Crippen molar-refractivity contribution in [3.8, 4) is 11.3 Å². The molecule has 1 aliphatic heterocycles. The molecule has 3 heterocycles. The summed E-state index contributed by atoms with van der Waals surface area (Å²) in [7, 11) is 0. The molecular formula is C20H26N8. The van der Waals surface area contributed by atoms with Gasteiger partial charge in [0.2, 0.25) is 5.95 Å². The molecule has 0 amide bonds. The standard InChI is InChI=1S/C20H26N8/c1-11-7-12(2)9-28(8-11)10-13-3-5-14(6-4-13)15-17(21)25-19-16(24-15)18(22)26-20(23)27-19/h3-6,11-12H,7-10H2,1-2H3,(H6,21,22,23,25,26,27). The van der Waals surface area contributed by atoms with Crippen molar-refractivity contribution in [2.24, 2.45) is 11.8 Å². The Morgan fingerprint density at radius 2 is 1.57 bits per heavy atom. The fraction of sp³-hybridized carbons (Fsp3) is 0.400. The van der Waals surface area contributed by atoms with E-state index in [9.17, 15) is 0 Å². The Hall–Kier alpha value is -3.00. The van der Waals surface area contributed by atoms with Gasteiger partial charge in [-0.3, -0.25) is 4.90 Å². The zero-order chi connectivity index (χ0) is 19.8. The number of fused-ring (bicyclic) bond motifs is 1. The van der Waals surface area contributed by atoms with Gasteiger partial charge in [0.15, 0.2) is 22.8 Å². The van der Waals surface area contributed by atoms with Crippen LogP contribution in [0.1, 0.15) is 25.8 Å². The maximum Gasteiger partial charge on any atom is 0.224 e. The van der Waals surface area contributed by atoms with E-state index >= 15 is 0 Å². The summed E-state index contributed by atoms with van der Waals surface area (Å²) in [5, 5.41) is 0. The summed E-state index contributed by atoms with van der Waals surface area (Å²) in [5.74, 6) is 2.03. The Bertz CT molecular complexity index is 991. The van der Waals surface area contributed by atoms with Crippen molar-refractivity contribution >= 4 is 28.7 Å². The third-order valence-corrected chi connectivity index (χ3v) is 5.18. The Kier molecular flexibility index (Phi) is 4.72. The minimum atomic E-state index is 0.0529. The second kappa shape index (κ2) is 7.20. The van der Waals surface area contributed by atoms with Crippen LogP contribution in [0.3, 0.4) is 0 Å². The molecule has 1 fully saturated rings. The molecule has 0 radical (unpaired) electrons. The molecule has 0 aliphatic carbocycles. The monoisotopic (exact) mass is 378 g/mol. The molecular weight excluding hydrogens is 352 g/mol. The lowest BCUT2D eigenvalue weighted by molar-refractivity contribution is 0.134. The van der Waals surface area contributed by atoms with Crippen LogP contribution in [0.25, 0.3) is 22.4 Å². The number of aromatic nitrogens is 4. The van der Waals surface area contributed by atoms with Crippen LogP contribution >= 0.6 is 0 Å². The highest BCUT2D eigenvalue weighted by Crippen LogP contribution is 2.27. The van der Waals surface area contributed by atoms with Gasteiger partial charge < -0.3 is 17.2 Å². The molecule has 0 spiro atoms. The molecule has 8 nitrogen and oxygen atoms in total. The lowest BCUT2D eigenvalue weighted by atomic mass is 9.91. The average Bonchev–Trinajstić information content (AvgIpc) is 2.61. The van der Waals surface area contributed by atoms with Gasteiger partial charge in [0.1, 0.15) is 5.69 Å². The summed E-state index contributed by atoms with van der Waals surface area (Å²) in [6.07, 6.45) is 1.31. The molecule has 1 saturated heterocycles. The molecule has 4 rings (SSSR count). The fourth-order valence-electron chi connectivity index (χ4n) is 4.16. The van der Waals surface area contributed by atoms with Crippen LogP contribution in [-0.2, 0) is 6.54 Å². The van der Waals surface area contributed by atoms with Crippen molar-refractivity contribution in [3.05, 3.63) is 29.8 Å². The number of benzene rings is 1. The van der Waals surface area contributed by atoms with Gasteiger partial charge >= 0.3 is 0 Å². The highest BCUT2D eigenvalue weighted by molar-refractivity contribution is 5.87. The van der Waals surface area contributed by atoms with E-state index in [1.54, 1.807) is 0 Å². The summed E-state index contributed by atoms with van der Waals surface area (Å²) in [5.41, 5.74) is 21.1. The zero-order valence-corrected chi connectivity index (χ0v) is 16.3. The van der Waals surface area contributed by atoms with E-state index in [4.69, 9.17) is 17.2 Å². The van der Waals surface area contributed by atoms with E-state index in [2.05, 4.69) is 50.8 Å². The molecule has 6 N–H and O–H groups in total. The number of nitrogens with two attached hydrogens (primary N) is 3. The minimum Gasteiger partial charge on any atom is -0.382 e. The lowest BCUT2D eigenvalue weighted by Gasteiger charge is -2.35. The van der Waals surface area contributed by atoms with Crippen molar-refractivity contribution < 1.29 is 0 Å². The number of nitrogens with zero attached hydrogens (tertiary/aromatic N) is 5. The van der Waals surface area contributed by atoms with Gasteiger partial charge in [0, 0.05) is 25.2 Å². The first-order valence-corrected chi connectivity index (χ1v) is 9.57. The fourth-order valence-corrected chi connectivity index (χ4v) is 4.16. The zero-order valence-electron chi connectivity index (χ0n) is 16.3. The molecule has 8 heteroatoms. The van der Waals surface area contributed by atoms with Crippen molar-refractivity contribution in [2.45, 2.75) is 26.8 Å². The largest absolute Gasteiger partial charge is 0.382 e. The van der Waals surface area contributed by atoms with Crippen molar-refractivity contribution in [1.29, 1.82) is 0 Å². The molecule has 28 heavy (non-hydrogen) atoms. The minimum absolute atomic E-state index is 0.0529. The maximum atomic E-state index is 6.11. The molecule has 146 valence electrons. The van der Waals surface area contributed by atoms with Crippen LogP contribution in [0, 0.1) is 11.8 Å². The Balaban J connectivity index is 1.59. The number of nitrogen functional groups attached to an aromatic ring is 3. The molecule has 2 unspecified atom stereocenters. The van der Waals surface area contributed by atoms with E-state index in [1.807, 2.05) is 12.1 Å². The first-order chi connectivity index (χ1) is 13.4. The van der Waals surface area contributed by atoms with Gasteiger partial charge in [-0.25, -0.2) is 9.97 Å². The summed E-state index contributed by atoms with van der Waals surface area (Å²) in [6, 6.07) is 8.28. The third kappa shape index (κ3) is 3.68. The van der Waals surface area contributed by atoms with E-state index in [1.165, 1.54) is 12.0 Å². The van der Waals surface area contributed by atoms with Crippen LogP contribution in [0.15, 0.2) is 24.3 Å². The van der Waals surface area contributed by atoms with Crippen molar-refractivity contribution in [3.63, 3.8) is 0 Å². The number of likely N-dealkylation sites (tertiary alicyclic amines) is 1. The molecule has 1 aromatic carbocycles. The molecule has 2 atom stereocenters. The van der Waals surface area contributed by atoms with E-state index < -0.39 is 0 Å². The van der Waals surface area contributed by atoms with Gasteiger partial charge in [-0.2, -0.15) is 9.97 Å². The molecule has 2 aromatic heterocycles. The predicted molar refractivity (Wildman–Crippen MR) is 112 cm³/mol. The molecule has 1 aliphatic rings. The van der Waals surface area contributed by atoms with Gasteiger partial charge in [-0.05, 0) is 23.8 Å². The summed E-state index contributed by atoms with van der Waals surface area (Å²) in [6.45, 7) is 7.91. The van der Waals surface area contributed by atoms with Crippen LogP contribution < -0.4 is 17.2 Å². The number of hydrogen-bond acceptors (Lipinski definition) is 8. The molecule has 3 aromatic rings. The first-order valence-electron chi connectivity index (χ1n) is 9.57. The van der Waals surface area contributed by atoms with E-state index in [0.717, 1.165) is 37.0 Å². The lowest BCUT2D eigenvalue weighted by Crippen LogP contribution is -2.38. The Morgan fingerprint density at radius 3 is 2.25 bits per heavy atom. The third-order valence-electron chi connectivity index (χ3n) is 5.18. The summed E-state index contributed by atoms with van der Waals surface area (Å²) in [4.78, 5) is 19.4. The normalized spacial score (nSPS) is 20.5. The Morgan fingerprint density at radius 1 is 0.893 bits per heavy atom. The molecule has 0 saturated carbocycles. The van der Waals surface area contributed by atoms with E-state index in [0.29, 0.717) is 16.9 Å². The topological polar surface area (TPSA) is 133 Å². The quantitative estimate of drug-likeness (QED) is 0.632. The number of rotatable bonds is 3. The van der Waals surface area contributed by atoms with E-state index in [-0.39, 0.29) is 17.6 Å². The van der Waals surface area contributed by atoms with Crippen molar-refractivity contribution in [2.75, 3.05) is 30.3 Å². The summed E-state index contributed by atoms with van der Waals surface area (Å²) < 4.78 is 0. The highest BCUT2D eigenvalue weighted by atomic mass is 15.1. The average molecular weight is 378 g/mol. The second-order valence-electron chi connectivity index (χ2n) is 7.93. The maximum absolute atomic E-state index is 6.11. The smallest absolute Gasteiger partial charge is 0.224 e. The SMILES string of the molecule is CC1CC(C)CN(Cc2ccc(-c3nc4c(N)nc(N)nc4nc3N)cc2)C1. The predicted octanol–water partition coefficient (Wildman–Crippen LogP) is 2.31. The van der Waals surface area contributed by atoms with Gasteiger partial charge in [0.25, 0.3) is 0 Å². The van der Waals surface area contributed by atoms with Gasteiger partial charge in [-0.15, -0.1) is 0 Å². The number of anilines is 3. The van der Waals surface area contributed by atoms with Crippen LogP contribution in [0.5, 0.6) is 0 Å². The first kappa shape index (κ1) is 18.4. The summed E-state index contributed by atoms with van der Waals surface area (Å²) >= 11 is 0. The highest BCUT2D eigenvalue weighted by Gasteiger charge is 2.21. The second-order valence-corrected chi connectivity index (χ2v) is 7.93. The number of piperidine rings is 1. The Labute approximate surface area is 164 Å². The van der Waals surface area contributed by atoms with Crippen LogP contribution in [-0.4, -0.2) is 37.9 Å². The number of hydrogen-bond donors (Lipinski definition) is 3.